The normalized spacial score (nSPS) is 19.7. The molecule has 0 aromatic heterocycles. The molecular formula is C16H31ClO2. The van der Waals surface area contributed by atoms with Crippen LogP contribution in [-0.4, -0.2) is 25.4 Å². The molecule has 1 unspecified atom stereocenters. The number of alkyl halides is 1. The van der Waals surface area contributed by atoms with Crippen molar-refractivity contribution in [2.75, 3.05) is 19.1 Å². The molecule has 1 fully saturated rings. The lowest BCUT2D eigenvalue weighted by Crippen LogP contribution is -2.22. The van der Waals surface area contributed by atoms with Crippen LogP contribution in [0.25, 0.3) is 0 Å². The van der Waals surface area contributed by atoms with Crippen LogP contribution in [0.1, 0.15) is 77.0 Å². The third-order valence-electron chi connectivity index (χ3n) is 3.72. The highest BCUT2D eigenvalue weighted by atomic mass is 35.5. The van der Waals surface area contributed by atoms with Crippen LogP contribution >= 0.6 is 11.6 Å². The number of halogens is 1. The maximum Gasteiger partial charge on any atom is 0.157 e. The van der Waals surface area contributed by atoms with Gasteiger partial charge < -0.3 is 9.47 Å². The molecule has 0 N–H and O–H groups in total. The Balaban J connectivity index is 1.71. The summed E-state index contributed by atoms with van der Waals surface area (Å²) >= 11 is 5.65. The largest absolute Gasteiger partial charge is 0.353 e. The van der Waals surface area contributed by atoms with Crippen LogP contribution in [-0.2, 0) is 9.47 Å². The van der Waals surface area contributed by atoms with Gasteiger partial charge in [0.15, 0.2) is 6.29 Å². The molecule has 1 aliphatic heterocycles. The molecule has 1 heterocycles. The van der Waals surface area contributed by atoms with E-state index in [9.17, 15) is 0 Å². The summed E-state index contributed by atoms with van der Waals surface area (Å²) in [6, 6.07) is 0. The molecule has 1 rings (SSSR count). The van der Waals surface area contributed by atoms with Gasteiger partial charge in [-0.05, 0) is 32.1 Å². The Morgan fingerprint density at radius 3 is 2.05 bits per heavy atom. The lowest BCUT2D eigenvalue weighted by atomic mass is 10.1. The molecule has 0 amide bonds. The Morgan fingerprint density at radius 1 is 0.842 bits per heavy atom. The quantitative estimate of drug-likeness (QED) is 0.360. The molecule has 1 atom stereocenters. The summed E-state index contributed by atoms with van der Waals surface area (Å²) in [6.45, 7) is 1.76. The molecule has 3 heteroatoms. The summed E-state index contributed by atoms with van der Waals surface area (Å²) in [5.74, 6) is 0.824. The van der Waals surface area contributed by atoms with Gasteiger partial charge in [0.05, 0.1) is 0 Å². The summed E-state index contributed by atoms with van der Waals surface area (Å²) in [4.78, 5) is 0. The lowest BCUT2D eigenvalue weighted by molar-refractivity contribution is -0.162. The topological polar surface area (TPSA) is 18.5 Å². The summed E-state index contributed by atoms with van der Waals surface area (Å²) < 4.78 is 11.3. The Labute approximate surface area is 124 Å². The standard InChI is InChI=1S/C16H31ClO2/c17-13-9-6-4-2-1-3-5-7-10-14-18-16-12-8-11-15-19-16/h16H,1-15H2. The number of hydrogen-bond donors (Lipinski definition) is 0. The summed E-state index contributed by atoms with van der Waals surface area (Å²) in [5, 5.41) is 0. The van der Waals surface area contributed by atoms with Gasteiger partial charge in [-0.3, -0.25) is 0 Å². The molecule has 2 nitrogen and oxygen atoms in total. The van der Waals surface area contributed by atoms with Crippen molar-refractivity contribution in [2.24, 2.45) is 0 Å². The lowest BCUT2D eigenvalue weighted by Gasteiger charge is -2.22. The second-order valence-electron chi connectivity index (χ2n) is 5.54. The third kappa shape index (κ3) is 10.6. The van der Waals surface area contributed by atoms with Crippen LogP contribution in [0.5, 0.6) is 0 Å². The van der Waals surface area contributed by atoms with E-state index in [0.29, 0.717) is 0 Å². The van der Waals surface area contributed by atoms with Crippen LogP contribution in [0.4, 0.5) is 0 Å². The Morgan fingerprint density at radius 2 is 1.47 bits per heavy atom. The first kappa shape index (κ1) is 17.3. The molecular weight excluding hydrogens is 260 g/mol. The highest BCUT2D eigenvalue weighted by molar-refractivity contribution is 6.17. The van der Waals surface area contributed by atoms with Crippen molar-refractivity contribution in [2.45, 2.75) is 83.3 Å². The van der Waals surface area contributed by atoms with Crippen LogP contribution < -0.4 is 0 Å². The average molecular weight is 291 g/mol. The van der Waals surface area contributed by atoms with E-state index in [1.165, 1.54) is 70.6 Å². The second-order valence-corrected chi connectivity index (χ2v) is 5.92. The Kier molecular flexibility index (Phi) is 12.0. The minimum atomic E-state index is 0.0932. The first-order valence-corrected chi connectivity index (χ1v) is 8.76. The van der Waals surface area contributed by atoms with E-state index >= 15 is 0 Å². The predicted octanol–water partition coefficient (Wildman–Crippen LogP) is 5.28. The van der Waals surface area contributed by atoms with E-state index in [0.717, 1.165) is 25.5 Å². The van der Waals surface area contributed by atoms with Crippen LogP contribution in [0.3, 0.4) is 0 Å². The van der Waals surface area contributed by atoms with Gasteiger partial charge in [-0.15, -0.1) is 11.6 Å². The van der Waals surface area contributed by atoms with Gasteiger partial charge in [-0.25, -0.2) is 0 Å². The van der Waals surface area contributed by atoms with Gasteiger partial charge in [0.2, 0.25) is 0 Å². The fraction of sp³-hybridized carbons (Fsp3) is 1.00. The molecule has 0 bridgehead atoms. The first-order chi connectivity index (χ1) is 9.43. The summed E-state index contributed by atoms with van der Waals surface area (Å²) in [5.41, 5.74) is 0. The van der Waals surface area contributed by atoms with E-state index in [4.69, 9.17) is 21.1 Å². The van der Waals surface area contributed by atoms with Gasteiger partial charge in [-0.1, -0.05) is 44.9 Å². The van der Waals surface area contributed by atoms with E-state index in [2.05, 4.69) is 0 Å². The van der Waals surface area contributed by atoms with E-state index in [-0.39, 0.29) is 6.29 Å². The summed E-state index contributed by atoms with van der Waals surface area (Å²) in [6.07, 6.45) is 15.5. The molecule has 1 aliphatic rings. The maximum absolute atomic E-state index is 5.72. The molecule has 0 aromatic rings. The molecule has 0 aliphatic carbocycles. The Bertz CT molecular complexity index is 182. The zero-order chi connectivity index (χ0) is 13.6. The van der Waals surface area contributed by atoms with Gasteiger partial charge >= 0.3 is 0 Å². The van der Waals surface area contributed by atoms with Crippen LogP contribution in [0, 0.1) is 0 Å². The molecule has 19 heavy (non-hydrogen) atoms. The monoisotopic (exact) mass is 290 g/mol. The minimum absolute atomic E-state index is 0.0932. The number of hydrogen-bond acceptors (Lipinski definition) is 2. The molecule has 1 saturated heterocycles. The van der Waals surface area contributed by atoms with Gasteiger partial charge in [0.25, 0.3) is 0 Å². The van der Waals surface area contributed by atoms with Crippen molar-refractivity contribution in [3.05, 3.63) is 0 Å². The summed E-state index contributed by atoms with van der Waals surface area (Å²) in [7, 11) is 0. The zero-order valence-electron chi connectivity index (χ0n) is 12.4. The maximum atomic E-state index is 5.72. The van der Waals surface area contributed by atoms with Gasteiger partial charge in [-0.2, -0.15) is 0 Å². The fourth-order valence-electron chi connectivity index (χ4n) is 2.49. The molecule has 0 radical (unpaired) electrons. The van der Waals surface area contributed by atoms with E-state index < -0.39 is 0 Å². The van der Waals surface area contributed by atoms with Crippen molar-refractivity contribution < 1.29 is 9.47 Å². The van der Waals surface area contributed by atoms with Gasteiger partial charge in [0, 0.05) is 19.1 Å². The zero-order valence-corrected chi connectivity index (χ0v) is 13.1. The van der Waals surface area contributed by atoms with Crippen molar-refractivity contribution in [3.63, 3.8) is 0 Å². The van der Waals surface area contributed by atoms with Crippen molar-refractivity contribution in [1.82, 2.24) is 0 Å². The first-order valence-electron chi connectivity index (χ1n) is 8.22. The SMILES string of the molecule is ClCCCCCCCCCCCOC1CCCCO1. The Hall–Kier alpha value is 0.210. The minimum Gasteiger partial charge on any atom is -0.353 e. The third-order valence-corrected chi connectivity index (χ3v) is 3.99. The van der Waals surface area contributed by atoms with Crippen LogP contribution in [0.15, 0.2) is 0 Å². The van der Waals surface area contributed by atoms with Crippen molar-refractivity contribution >= 4 is 11.6 Å². The smallest absolute Gasteiger partial charge is 0.157 e. The van der Waals surface area contributed by atoms with Gasteiger partial charge in [0.1, 0.15) is 0 Å². The van der Waals surface area contributed by atoms with Crippen molar-refractivity contribution in [3.8, 4) is 0 Å². The fourth-order valence-corrected chi connectivity index (χ4v) is 2.68. The van der Waals surface area contributed by atoms with E-state index in [1.807, 2.05) is 0 Å². The number of rotatable bonds is 12. The number of unbranched alkanes of at least 4 members (excludes halogenated alkanes) is 8. The molecule has 0 aromatic carbocycles. The predicted molar refractivity (Wildman–Crippen MR) is 81.8 cm³/mol. The highest BCUT2D eigenvalue weighted by Gasteiger charge is 2.13. The van der Waals surface area contributed by atoms with Crippen LogP contribution in [0.2, 0.25) is 0 Å². The molecule has 0 spiro atoms. The van der Waals surface area contributed by atoms with E-state index in [1.54, 1.807) is 0 Å². The molecule has 0 saturated carbocycles. The number of ether oxygens (including phenoxy) is 2. The average Bonchev–Trinajstić information content (AvgIpc) is 2.46. The van der Waals surface area contributed by atoms with Crippen molar-refractivity contribution in [1.29, 1.82) is 0 Å². The second kappa shape index (κ2) is 13.2. The molecule has 114 valence electrons. The highest BCUT2D eigenvalue weighted by Crippen LogP contribution is 2.15.